The van der Waals surface area contributed by atoms with E-state index in [1.54, 1.807) is 13.2 Å². The number of likely N-dealkylation sites (tertiary alicyclic amines) is 1. The first-order valence-corrected chi connectivity index (χ1v) is 11.2. The zero-order valence-electron chi connectivity index (χ0n) is 19.4. The molecule has 7 nitrogen and oxygen atoms in total. The van der Waals surface area contributed by atoms with Crippen molar-refractivity contribution in [1.82, 2.24) is 15.2 Å². The number of hydrogen-bond acceptors (Lipinski definition) is 4. The molecular weight excluding hydrogens is 517 g/mol. The zero-order valence-corrected chi connectivity index (χ0v) is 21.8. The first-order chi connectivity index (χ1) is 14.9. The standard InChI is InChI=1S/C24H33N5O2.HI/c1-24(2,3)20-14-26-21(31-20)15-27-23(25-4)29-16-17(18-8-5-6-9-19(18)29)11-13-28-12-7-10-22(28)30;/h5-6,8-9,14,17H,7,10-13,15-16H2,1-4H3,(H,25,27);1H. The van der Waals surface area contributed by atoms with Crippen LogP contribution >= 0.6 is 24.0 Å². The molecule has 1 aromatic carbocycles. The molecule has 32 heavy (non-hydrogen) atoms. The van der Waals surface area contributed by atoms with E-state index >= 15 is 0 Å². The fourth-order valence-electron chi connectivity index (χ4n) is 4.38. The number of carbonyl (C=O) groups is 1. The van der Waals surface area contributed by atoms with Crippen molar-refractivity contribution < 1.29 is 9.21 Å². The molecule has 4 rings (SSSR count). The molecule has 1 atom stereocenters. The molecule has 1 amide bonds. The van der Waals surface area contributed by atoms with E-state index in [9.17, 15) is 4.79 Å². The van der Waals surface area contributed by atoms with Crippen LogP contribution in [0.3, 0.4) is 0 Å². The molecule has 2 aliphatic heterocycles. The summed E-state index contributed by atoms with van der Waals surface area (Å²) >= 11 is 0. The number of amides is 1. The minimum Gasteiger partial charge on any atom is -0.443 e. The highest BCUT2D eigenvalue weighted by molar-refractivity contribution is 14.0. The van der Waals surface area contributed by atoms with Crippen molar-refractivity contribution in [3.63, 3.8) is 0 Å². The lowest BCUT2D eigenvalue weighted by atomic mass is 9.94. The molecule has 2 aliphatic rings. The minimum atomic E-state index is -0.0647. The van der Waals surface area contributed by atoms with Crippen molar-refractivity contribution in [2.24, 2.45) is 4.99 Å². The Balaban J connectivity index is 0.00000289. The molecule has 1 N–H and O–H groups in total. The van der Waals surface area contributed by atoms with Crippen molar-refractivity contribution in [2.45, 2.75) is 57.9 Å². The van der Waals surface area contributed by atoms with E-state index in [0.29, 0.717) is 30.7 Å². The van der Waals surface area contributed by atoms with Crippen LogP contribution < -0.4 is 10.2 Å². The Hall–Kier alpha value is -2.10. The maximum Gasteiger partial charge on any atom is 0.222 e. The van der Waals surface area contributed by atoms with Gasteiger partial charge in [0.15, 0.2) is 5.96 Å². The summed E-state index contributed by atoms with van der Waals surface area (Å²) in [7, 11) is 1.80. The van der Waals surface area contributed by atoms with Gasteiger partial charge in [0, 0.05) is 50.1 Å². The van der Waals surface area contributed by atoms with Gasteiger partial charge in [0.2, 0.25) is 11.8 Å². The molecule has 1 unspecified atom stereocenters. The van der Waals surface area contributed by atoms with Crippen LogP contribution in [-0.2, 0) is 16.8 Å². The quantitative estimate of drug-likeness (QED) is 0.341. The van der Waals surface area contributed by atoms with E-state index in [1.807, 2.05) is 4.90 Å². The number of aliphatic imine (C=N–C) groups is 1. The van der Waals surface area contributed by atoms with Gasteiger partial charge < -0.3 is 19.5 Å². The lowest BCUT2D eigenvalue weighted by Crippen LogP contribution is -2.40. The molecule has 1 aromatic heterocycles. The molecule has 3 heterocycles. The van der Waals surface area contributed by atoms with Crippen LogP contribution in [0.5, 0.6) is 0 Å². The number of aromatic nitrogens is 1. The second-order valence-electron chi connectivity index (χ2n) is 9.41. The molecule has 8 heteroatoms. The number of nitrogens with zero attached hydrogens (tertiary/aromatic N) is 4. The number of guanidine groups is 1. The van der Waals surface area contributed by atoms with Gasteiger partial charge >= 0.3 is 0 Å². The number of halogens is 1. The predicted octanol–water partition coefficient (Wildman–Crippen LogP) is 4.28. The molecule has 2 aromatic rings. The average Bonchev–Trinajstić information content (AvgIpc) is 3.46. The third-order valence-corrected chi connectivity index (χ3v) is 6.15. The Labute approximate surface area is 207 Å². The first-order valence-electron chi connectivity index (χ1n) is 11.2. The third kappa shape index (κ3) is 5.27. The van der Waals surface area contributed by atoms with Crippen LogP contribution in [0.2, 0.25) is 0 Å². The molecule has 0 radical (unpaired) electrons. The van der Waals surface area contributed by atoms with Gasteiger partial charge in [-0.25, -0.2) is 4.98 Å². The molecule has 0 aliphatic carbocycles. The number of rotatable bonds is 5. The number of para-hydroxylation sites is 1. The Kier molecular flexibility index (Phi) is 7.84. The van der Waals surface area contributed by atoms with E-state index in [1.165, 1.54) is 11.3 Å². The van der Waals surface area contributed by atoms with E-state index < -0.39 is 0 Å². The highest BCUT2D eigenvalue weighted by atomic mass is 127. The summed E-state index contributed by atoms with van der Waals surface area (Å²) in [6, 6.07) is 8.50. The van der Waals surface area contributed by atoms with Gasteiger partial charge in [0.05, 0.1) is 12.7 Å². The van der Waals surface area contributed by atoms with Crippen molar-refractivity contribution in [3.8, 4) is 0 Å². The Morgan fingerprint density at radius 1 is 1.31 bits per heavy atom. The van der Waals surface area contributed by atoms with Gasteiger partial charge in [0.1, 0.15) is 5.76 Å². The van der Waals surface area contributed by atoms with Gasteiger partial charge in [-0.3, -0.25) is 9.79 Å². The second-order valence-corrected chi connectivity index (χ2v) is 9.41. The van der Waals surface area contributed by atoms with Gasteiger partial charge in [-0.1, -0.05) is 39.0 Å². The summed E-state index contributed by atoms with van der Waals surface area (Å²) < 4.78 is 5.92. The Morgan fingerprint density at radius 2 is 2.09 bits per heavy atom. The highest BCUT2D eigenvalue weighted by Gasteiger charge is 2.32. The summed E-state index contributed by atoms with van der Waals surface area (Å²) in [5.74, 6) is 3.01. The van der Waals surface area contributed by atoms with Crippen LogP contribution in [0.4, 0.5) is 5.69 Å². The first kappa shape index (κ1) is 24.5. The molecule has 0 saturated carbocycles. The SMILES string of the molecule is CN=C(NCc1ncc(C(C)(C)C)o1)N1CC(CCN2CCCC2=O)c2ccccc21.I. The monoisotopic (exact) mass is 551 g/mol. The smallest absolute Gasteiger partial charge is 0.222 e. The van der Waals surface area contributed by atoms with E-state index in [4.69, 9.17) is 4.42 Å². The van der Waals surface area contributed by atoms with Crippen molar-refractivity contribution in [1.29, 1.82) is 0 Å². The zero-order chi connectivity index (χ0) is 22.0. The number of nitrogens with one attached hydrogen (secondary N) is 1. The molecular formula is C24H34IN5O2. The van der Waals surface area contributed by atoms with E-state index in [0.717, 1.165) is 44.2 Å². The summed E-state index contributed by atoms with van der Waals surface area (Å²) in [5.41, 5.74) is 2.43. The maximum atomic E-state index is 12.0. The molecule has 1 saturated heterocycles. The molecule has 0 bridgehead atoms. The van der Waals surface area contributed by atoms with Crippen LogP contribution in [0.15, 0.2) is 39.9 Å². The molecule has 0 spiro atoms. The fraction of sp³-hybridized carbons (Fsp3) is 0.542. The van der Waals surface area contributed by atoms with Crippen molar-refractivity contribution in [3.05, 3.63) is 47.7 Å². The lowest BCUT2D eigenvalue weighted by molar-refractivity contribution is -0.127. The van der Waals surface area contributed by atoms with Crippen LogP contribution in [-0.4, -0.2) is 48.4 Å². The number of benzene rings is 1. The summed E-state index contributed by atoms with van der Waals surface area (Å²) in [4.78, 5) is 25.2. The normalized spacial score (nSPS) is 18.7. The summed E-state index contributed by atoms with van der Waals surface area (Å²) in [5, 5.41) is 3.41. The van der Waals surface area contributed by atoms with Crippen molar-refractivity contribution >= 4 is 41.5 Å². The van der Waals surface area contributed by atoms with E-state index in [-0.39, 0.29) is 29.4 Å². The predicted molar refractivity (Wildman–Crippen MR) is 138 cm³/mol. The Bertz CT molecular complexity index is 965. The number of fused-ring (bicyclic) bond motifs is 1. The van der Waals surface area contributed by atoms with Crippen LogP contribution in [0.1, 0.15) is 63.2 Å². The van der Waals surface area contributed by atoms with Gasteiger partial charge in [-0.05, 0) is 24.5 Å². The van der Waals surface area contributed by atoms with Crippen molar-refractivity contribution in [2.75, 3.05) is 31.6 Å². The Morgan fingerprint density at radius 3 is 2.75 bits per heavy atom. The molecule has 174 valence electrons. The van der Waals surface area contributed by atoms with Gasteiger partial charge in [-0.2, -0.15) is 0 Å². The maximum absolute atomic E-state index is 12.0. The average molecular weight is 551 g/mol. The summed E-state index contributed by atoms with van der Waals surface area (Å²) in [6.07, 6.45) is 4.45. The third-order valence-electron chi connectivity index (χ3n) is 6.15. The van der Waals surface area contributed by atoms with Gasteiger partial charge in [0.25, 0.3) is 0 Å². The van der Waals surface area contributed by atoms with Crippen LogP contribution in [0, 0.1) is 0 Å². The second kappa shape index (κ2) is 10.2. The topological polar surface area (TPSA) is 74.0 Å². The largest absolute Gasteiger partial charge is 0.443 e. The molecule has 1 fully saturated rings. The number of carbonyl (C=O) groups excluding carboxylic acids is 1. The van der Waals surface area contributed by atoms with E-state index in [2.05, 4.69) is 65.2 Å². The number of hydrogen-bond donors (Lipinski definition) is 1. The minimum absolute atomic E-state index is 0. The van der Waals surface area contributed by atoms with Crippen LogP contribution in [0.25, 0.3) is 0 Å². The summed E-state index contributed by atoms with van der Waals surface area (Å²) in [6.45, 7) is 9.38. The number of anilines is 1. The number of oxazole rings is 1. The highest BCUT2D eigenvalue weighted by Crippen LogP contribution is 2.38. The lowest BCUT2D eigenvalue weighted by Gasteiger charge is -2.23. The fourth-order valence-corrected chi connectivity index (χ4v) is 4.38. The van der Waals surface area contributed by atoms with Gasteiger partial charge in [-0.15, -0.1) is 24.0 Å².